The Labute approximate surface area is 175 Å². The van der Waals surface area contributed by atoms with E-state index < -0.39 is 17.6 Å². The lowest BCUT2D eigenvalue weighted by atomic mass is 10.00. The molecular weight excluding hydrogens is 409 g/mol. The summed E-state index contributed by atoms with van der Waals surface area (Å²) in [5, 5.41) is 7.05. The van der Waals surface area contributed by atoms with Gasteiger partial charge in [-0.3, -0.25) is 9.78 Å². The minimum absolute atomic E-state index is 0.00584. The maximum absolute atomic E-state index is 13.5. The molecule has 9 heteroatoms. The van der Waals surface area contributed by atoms with Crippen molar-refractivity contribution in [2.24, 2.45) is 0 Å². The molecule has 0 radical (unpaired) electrons. The minimum Gasteiger partial charge on any atom is -0.345 e. The third-order valence-electron chi connectivity index (χ3n) is 4.92. The summed E-state index contributed by atoms with van der Waals surface area (Å²) in [7, 11) is 0. The molecule has 3 heterocycles. The Hall–Kier alpha value is -3.75. The van der Waals surface area contributed by atoms with E-state index in [1.165, 1.54) is 24.3 Å². The van der Waals surface area contributed by atoms with Crippen LogP contribution in [0, 0.1) is 6.92 Å². The number of hydrogen-bond acceptors (Lipinski definition) is 5. The number of pyridine rings is 2. The molecule has 4 rings (SSSR count). The summed E-state index contributed by atoms with van der Waals surface area (Å²) < 4.78 is 45.8. The van der Waals surface area contributed by atoms with Gasteiger partial charge in [-0.15, -0.1) is 0 Å². The van der Waals surface area contributed by atoms with Crippen molar-refractivity contribution in [3.8, 4) is 11.3 Å². The van der Waals surface area contributed by atoms with Crippen LogP contribution in [0.2, 0.25) is 0 Å². The monoisotopic (exact) mass is 426 g/mol. The molecule has 158 valence electrons. The molecule has 3 aromatic heterocycles. The van der Waals surface area contributed by atoms with Gasteiger partial charge in [0.15, 0.2) is 0 Å². The van der Waals surface area contributed by atoms with Crippen molar-refractivity contribution in [3.05, 3.63) is 77.2 Å². The maximum Gasteiger partial charge on any atom is 0.417 e. The van der Waals surface area contributed by atoms with Crippen molar-refractivity contribution >= 4 is 17.0 Å². The fourth-order valence-corrected chi connectivity index (χ4v) is 3.38. The second-order valence-electron chi connectivity index (χ2n) is 7.02. The van der Waals surface area contributed by atoms with Crippen LogP contribution in [0.5, 0.6) is 0 Å². The van der Waals surface area contributed by atoms with Gasteiger partial charge in [0.1, 0.15) is 0 Å². The Balaban J connectivity index is 1.81. The number of benzene rings is 1. The summed E-state index contributed by atoms with van der Waals surface area (Å²) in [6, 6.07) is 9.57. The van der Waals surface area contributed by atoms with Crippen molar-refractivity contribution in [2.45, 2.75) is 26.1 Å². The molecule has 0 aliphatic heterocycles. The van der Waals surface area contributed by atoms with Gasteiger partial charge in [0.2, 0.25) is 0 Å². The average molecular weight is 426 g/mol. The van der Waals surface area contributed by atoms with Crippen molar-refractivity contribution in [1.29, 1.82) is 0 Å². The Morgan fingerprint density at radius 1 is 1.13 bits per heavy atom. The number of aromatic nitrogens is 3. The smallest absolute Gasteiger partial charge is 0.345 e. The molecule has 1 amide bonds. The first-order valence-corrected chi connectivity index (χ1v) is 9.40. The van der Waals surface area contributed by atoms with E-state index in [9.17, 15) is 18.0 Å². The highest BCUT2D eigenvalue weighted by Crippen LogP contribution is 2.37. The van der Waals surface area contributed by atoms with Gasteiger partial charge in [0.25, 0.3) is 11.6 Å². The van der Waals surface area contributed by atoms with Crippen LogP contribution in [0.15, 0.2) is 59.4 Å². The van der Waals surface area contributed by atoms with Crippen LogP contribution in [0.25, 0.3) is 22.4 Å². The number of alkyl halides is 3. The summed E-state index contributed by atoms with van der Waals surface area (Å²) in [5.41, 5.74) is 0.346. The molecule has 0 fully saturated rings. The summed E-state index contributed by atoms with van der Waals surface area (Å²) in [4.78, 5) is 21.3. The van der Waals surface area contributed by atoms with Gasteiger partial charge >= 0.3 is 6.18 Å². The van der Waals surface area contributed by atoms with E-state index in [0.717, 1.165) is 11.6 Å². The maximum atomic E-state index is 13.5. The Morgan fingerprint density at radius 2 is 1.84 bits per heavy atom. The molecule has 1 aromatic carbocycles. The SMILES string of the molecule is Cc1noc2nc(-c3ccccc3C(F)(F)F)cc(C(=O)NC(C)c3ccncc3)c12. The number of rotatable bonds is 4. The summed E-state index contributed by atoms with van der Waals surface area (Å²) in [5.74, 6) is -0.478. The van der Waals surface area contributed by atoms with E-state index in [0.29, 0.717) is 11.1 Å². The number of amides is 1. The van der Waals surface area contributed by atoms with Crippen molar-refractivity contribution in [2.75, 3.05) is 0 Å². The highest BCUT2D eigenvalue weighted by molar-refractivity contribution is 6.07. The zero-order valence-corrected chi connectivity index (χ0v) is 16.6. The number of carbonyl (C=O) groups excluding carboxylic acids is 1. The van der Waals surface area contributed by atoms with Crippen LogP contribution in [0.1, 0.15) is 40.1 Å². The predicted octanol–water partition coefficient (Wildman–Crippen LogP) is 5.10. The molecule has 31 heavy (non-hydrogen) atoms. The highest BCUT2D eigenvalue weighted by atomic mass is 19.4. The third kappa shape index (κ3) is 3.98. The quantitative estimate of drug-likeness (QED) is 0.491. The number of carbonyl (C=O) groups is 1. The summed E-state index contributed by atoms with van der Waals surface area (Å²) in [6.45, 7) is 3.44. The number of halogens is 3. The van der Waals surface area contributed by atoms with Crippen LogP contribution in [-0.2, 0) is 6.18 Å². The van der Waals surface area contributed by atoms with Gasteiger partial charge in [0, 0.05) is 18.0 Å². The van der Waals surface area contributed by atoms with E-state index in [4.69, 9.17) is 4.52 Å². The standard InChI is InChI=1S/C22H17F3N4O2/c1-12(14-7-9-26-10-8-14)27-20(30)16-11-18(28-21-19(16)13(2)29-31-21)15-5-3-4-6-17(15)22(23,24)25/h3-12H,1-2H3,(H,27,30). The first kappa shape index (κ1) is 20.5. The molecule has 0 saturated carbocycles. The van der Waals surface area contributed by atoms with Gasteiger partial charge < -0.3 is 9.84 Å². The van der Waals surface area contributed by atoms with Crippen molar-refractivity contribution < 1.29 is 22.5 Å². The van der Waals surface area contributed by atoms with Gasteiger partial charge in [-0.05, 0) is 43.7 Å². The van der Waals surface area contributed by atoms with Crippen LogP contribution >= 0.6 is 0 Å². The molecule has 0 saturated heterocycles. The third-order valence-corrected chi connectivity index (χ3v) is 4.92. The second-order valence-corrected chi connectivity index (χ2v) is 7.02. The van der Waals surface area contributed by atoms with E-state index in [1.807, 2.05) is 0 Å². The summed E-state index contributed by atoms with van der Waals surface area (Å²) in [6.07, 6.45) is -1.36. The average Bonchev–Trinajstić information content (AvgIpc) is 3.14. The van der Waals surface area contributed by atoms with Gasteiger partial charge in [-0.2, -0.15) is 13.2 Å². The molecule has 6 nitrogen and oxygen atoms in total. The molecule has 1 atom stereocenters. The van der Waals surface area contributed by atoms with Gasteiger partial charge in [-0.25, -0.2) is 4.98 Å². The fourth-order valence-electron chi connectivity index (χ4n) is 3.38. The number of hydrogen-bond donors (Lipinski definition) is 1. The molecule has 0 aliphatic rings. The zero-order valence-electron chi connectivity index (χ0n) is 16.6. The van der Waals surface area contributed by atoms with Crippen LogP contribution < -0.4 is 5.32 Å². The Kier molecular flexibility index (Phi) is 5.18. The molecule has 4 aromatic rings. The molecular formula is C22H17F3N4O2. The topological polar surface area (TPSA) is 80.9 Å². The predicted molar refractivity (Wildman–Crippen MR) is 107 cm³/mol. The first-order valence-electron chi connectivity index (χ1n) is 9.40. The van der Waals surface area contributed by atoms with E-state index in [1.54, 1.807) is 38.4 Å². The normalized spacial score (nSPS) is 12.7. The van der Waals surface area contributed by atoms with Crippen molar-refractivity contribution in [3.63, 3.8) is 0 Å². The lowest BCUT2D eigenvalue weighted by Crippen LogP contribution is -2.27. The zero-order chi connectivity index (χ0) is 22.2. The Morgan fingerprint density at radius 3 is 2.55 bits per heavy atom. The van der Waals surface area contributed by atoms with Crippen molar-refractivity contribution in [1.82, 2.24) is 20.4 Å². The second kappa shape index (κ2) is 7.82. The first-order chi connectivity index (χ1) is 14.8. The highest BCUT2D eigenvalue weighted by Gasteiger charge is 2.34. The van der Waals surface area contributed by atoms with Gasteiger partial charge in [0.05, 0.1) is 33.9 Å². The number of nitrogens with one attached hydrogen (secondary N) is 1. The van der Waals surface area contributed by atoms with Crippen LogP contribution in [-0.4, -0.2) is 21.0 Å². The minimum atomic E-state index is -4.58. The van der Waals surface area contributed by atoms with Crippen LogP contribution in [0.3, 0.4) is 0 Å². The lowest BCUT2D eigenvalue weighted by molar-refractivity contribution is -0.137. The molecule has 0 spiro atoms. The Bertz CT molecular complexity index is 1250. The fraction of sp³-hybridized carbons (Fsp3) is 0.182. The largest absolute Gasteiger partial charge is 0.417 e. The van der Waals surface area contributed by atoms with Crippen LogP contribution in [0.4, 0.5) is 13.2 Å². The molecule has 0 aliphatic carbocycles. The van der Waals surface area contributed by atoms with Gasteiger partial charge in [-0.1, -0.05) is 23.4 Å². The number of aryl methyl sites for hydroxylation is 1. The lowest BCUT2D eigenvalue weighted by Gasteiger charge is -2.16. The van der Waals surface area contributed by atoms with E-state index in [2.05, 4.69) is 20.4 Å². The van der Waals surface area contributed by atoms with E-state index in [-0.39, 0.29) is 28.6 Å². The molecule has 1 unspecified atom stereocenters. The summed E-state index contributed by atoms with van der Waals surface area (Å²) >= 11 is 0. The van der Waals surface area contributed by atoms with E-state index >= 15 is 0 Å². The molecule has 1 N–H and O–H groups in total. The molecule has 0 bridgehead atoms. The number of fused-ring (bicyclic) bond motifs is 1. The number of nitrogens with zero attached hydrogens (tertiary/aromatic N) is 3.